The summed E-state index contributed by atoms with van der Waals surface area (Å²) < 4.78 is 13.3. The molecule has 0 spiro atoms. The largest absolute Gasteiger partial charge is 0.352 e. The first-order valence-electron chi connectivity index (χ1n) is 9.40. The normalized spacial score (nSPS) is 20.7. The molecule has 0 aliphatic carbocycles. The van der Waals surface area contributed by atoms with Gasteiger partial charge in [0.1, 0.15) is 17.9 Å². The Hall–Kier alpha value is -2.44. The predicted molar refractivity (Wildman–Crippen MR) is 100 cm³/mol. The number of hydrogen-bond acceptors (Lipinski definition) is 3. The van der Waals surface area contributed by atoms with Crippen LogP contribution in [0.3, 0.4) is 0 Å². The Balaban J connectivity index is 2.25. The van der Waals surface area contributed by atoms with Gasteiger partial charge in [0, 0.05) is 6.04 Å². The van der Waals surface area contributed by atoms with Crippen LogP contribution in [-0.2, 0) is 15.1 Å². The molecule has 4 amide bonds. The van der Waals surface area contributed by atoms with E-state index >= 15 is 0 Å². The van der Waals surface area contributed by atoms with E-state index in [1.165, 1.54) is 24.3 Å². The van der Waals surface area contributed by atoms with Crippen LogP contribution in [0.4, 0.5) is 9.18 Å². The van der Waals surface area contributed by atoms with Gasteiger partial charge in [-0.3, -0.25) is 14.5 Å². The molecule has 27 heavy (non-hydrogen) atoms. The lowest BCUT2D eigenvalue weighted by atomic mass is 9.85. The molecular weight excluding hydrogens is 349 g/mol. The lowest BCUT2D eigenvalue weighted by Gasteiger charge is -2.27. The van der Waals surface area contributed by atoms with Gasteiger partial charge in [-0.05, 0) is 37.0 Å². The molecule has 7 heteroatoms. The number of rotatable bonds is 8. The summed E-state index contributed by atoms with van der Waals surface area (Å²) in [6.07, 6.45) is 1.92. The van der Waals surface area contributed by atoms with Gasteiger partial charge in [0.15, 0.2) is 0 Å². The maximum atomic E-state index is 13.3. The molecule has 0 saturated carbocycles. The molecule has 1 aromatic rings. The number of imide groups is 1. The van der Waals surface area contributed by atoms with Crippen molar-refractivity contribution in [1.82, 2.24) is 15.5 Å². The van der Waals surface area contributed by atoms with Gasteiger partial charge in [-0.15, -0.1) is 0 Å². The third-order valence-corrected chi connectivity index (χ3v) is 5.11. The van der Waals surface area contributed by atoms with Gasteiger partial charge in [0.05, 0.1) is 0 Å². The van der Waals surface area contributed by atoms with E-state index in [-0.39, 0.29) is 24.4 Å². The Morgan fingerprint density at radius 2 is 1.85 bits per heavy atom. The monoisotopic (exact) mass is 377 g/mol. The smallest absolute Gasteiger partial charge is 0.325 e. The van der Waals surface area contributed by atoms with Crippen molar-refractivity contribution in [3.8, 4) is 0 Å². The Bertz CT molecular complexity index is 705. The van der Waals surface area contributed by atoms with Gasteiger partial charge in [-0.25, -0.2) is 9.18 Å². The second-order valence-corrected chi connectivity index (χ2v) is 7.44. The predicted octanol–water partition coefficient (Wildman–Crippen LogP) is 2.92. The summed E-state index contributed by atoms with van der Waals surface area (Å²) in [5, 5.41) is 5.56. The summed E-state index contributed by atoms with van der Waals surface area (Å²) in [6.45, 7) is 7.47. The number of nitrogens with zero attached hydrogens (tertiary/aromatic N) is 1. The molecule has 1 fully saturated rings. The molecule has 6 nitrogen and oxygen atoms in total. The van der Waals surface area contributed by atoms with Crippen LogP contribution < -0.4 is 10.6 Å². The topological polar surface area (TPSA) is 78.5 Å². The zero-order valence-electron chi connectivity index (χ0n) is 16.3. The number of hydrogen-bond donors (Lipinski definition) is 2. The first-order valence-corrected chi connectivity index (χ1v) is 9.40. The summed E-state index contributed by atoms with van der Waals surface area (Å²) in [5.74, 6) is -1.04. The maximum absolute atomic E-state index is 13.3. The highest BCUT2D eigenvalue weighted by molar-refractivity contribution is 6.09. The van der Waals surface area contributed by atoms with E-state index in [0.29, 0.717) is 18.4 Å². The molecule has 1 aromatic carbocycles. The van der Waals surface area contributed by atoms with E-state index in [2.05, 4.69) is 10.6 Å². The number of nitrogens with one attached hydrogen (secondary N) is 2. The molecule has 1 aliphatic rings. The fraction of sp³-hybridized carbons (Fsp3) is 0.550. The SMILES string of the molecule is CCCC[C@]1(c2ccc(F)cc2)NC(=O)N(CC(=O)N[C@@H](C)C(C)C)C1=O. The molecule has 148 valence electrons. The number of benzene rings is 1. The van der Waals surface area contributed by atoms with Crippen molar-refractivity contribution in [2.45, 2.75) is 58.5 Å². The number of unbranched alkanes of at least 4 members (excludes halogenated alkanes) is 1. The van der Waals surface area contributed by atoms with E-state index in [9.17, 15) is 18.8 Å². The van der Waals surface area contributed by atoms with Gasteiger partial charge in [-0.2, -0.15) is 0 Å². The van der Waals surface area contributed by atoms with Crippen LogP contribution in [0.25, 0.3) is 0 Å². The van der Waals surface area contributed by atoms with Crippen molar-refractivity contribution in [2.24, 2.45) is 5.92 Å². The standard InChI is InChI=1S/C20H28FN3O3/c1-5-6-11-20(15-7-9-16(21)10-8-15)18(26)24(19(27)23-20)12-17(25)22-14(4)13(2)3/h7-10,13-14H,5-6,11-12H2,1-4H3,(H,22,25)(H,23,27)/t14-,20+/m0/s1. The lowest BCUT2D eigenvalue weighted by molar-refractivity contribution is -0.135. The van der Waals surface area contributed by atoms with E-state index in [1.807, 2.05) is 27.7 Å². The molecule has 2 atom stereocenters. The van der Waals surface area contributed by atoms with Crippen molar-refractivity contribution in [3.05, 3.63) is 35.6 Å². The molecule has 1 saturated heterocycles. The molecule has 0 unspecified atom stereocenters. The zero-order valence-corrected chi connectivity index (χ0v) is 16.3. The van der Waals surface area contributed by atoms with Crippen molar-refractivity contribution >= 4 is 17.8 Å². The number of halogens is 1. The molecule has 1 heterocycles. The summed E-state index contributed by atoms with van der Waals surface area (Å²) in [4.78, 5) is 38.9. The second kappa shape index (κ2) is 8.50. The van der Waals surface area contributed by atoms with Crippen molar-refractivity contribution in [1.29, 1.82) is 0 Å². The first kappa shape index (κ1) is 20.9. The van der Waals surface area contributed by atoms with Crippen LogP contribution in [0.1, 0.15) is 52.5 Å². The van der Waals surface area contributed by atoms with Crippen LogP contribution in [-0.4, -0.2) is 35.3 Å². The Kier molecular flexibility index (Phi) is 6.57. The van der Waals surface area contributed by atoms with Gasteiger partial charge in [0.2, 0.25) is 5.91 Å². The van der Waals surface area contributed by atoms with Crippen molar-refractivity contribution in [2.75, 3.05) is 6.54 Å². The third-order valence-electron chi connectivity index (χ3n) is 5.11. The lowest BCUT2D eigenvalue weighted by Crippen LogP contribution is -2.46. The molecule has 0 bridgehead atoms. The molecule has 2 N–H and O–H groups in total. The van der Waals surface area contributed by atoms with Crippen LogP contribution in [0.15, 0.2) is 24.3 Å². The Morgan fingerprint density at radius 3 is 2.41 bits per heavy atom. The average molecular weight is 377 g/mol. The Morgan fingerprint density at radius 1 is 1.22 bits per heavy atom. The average Bonchev–Trinajstić information content (AvgIpc) is 2.85. The van der Waals surface area contributed by atoms with Gasteiger partial charge in [0.25, 0.3) is 5.91 Å². The first-order chi connectivity index (χ1) is 12.7. The number of carbonyl (C=O) groups excluding carboxylic acids is 3. The quantitative estimate of drug-likeness (QED) is 0.684. The van der Waals surface area contributed by atoms with Crippen molar-refractivity contribution < 1.29 is 18.8 Å². The van der Waals surface area contributed by atoms with E-state index in [4.69, 9.17) is 0 Å². The summed E-state index contributed by atoms with van der Waals surface area (Å²) in [7, 11) is 0. The number of urea groups is 1. The van der Waals surface area contributed by atoms with Gasteiger partial charge >= 0.3 is 6.03 Å². The molecular formula is C20H28FN3O3. The van der Waals surface area contributed by atoms with Gasteiger partial charge < -0.3 is 10.6 Å². The Labute approximate surface area is 159 Å². The van der Waals surface area contributed by atoms with Crippen LogP contribution in [0.2, 0.25) is 0 Å². The second-order valence-electron chi connectivity index (χ2n) is 7.44. The maximum Gasteiger partial charge on any atom is 0.325 e. The highest BCUT2D eigenvalue weighted by Crippen LogP contribution is 2.34. The third kappa shape index (κ3) is 4.46. The molecule has 2 rings (SSSR count). The number of carbonyl (C=O) groups is 3. The van der Waals surface area contributed by atoms with Crippen molar-refractivity contribution in [3.63, 3.8) is 0 Å². The minimum absolute atomic E-state index is 0.0692. The van der Waals surface area contributed by atoms with Crippen LogP contribution in [0.5, 0.6) is 0 Å². The summed E-state index contributed by atoms with van der Waals surface area (Å²) >= 11 is 0. The van der Waals surface area contributed by atoms with Gasteiger partial charge in [-0.1, -0.05) is 45.7 Å². The fourth-order valence-corrected chi connectivity index (χ4v) is 3.07. The van der Waals surface area contributed by atoms with Crippen LogP contribution >= 0.6 is 0 Å². The fourth-order valence-electron chi connectivity index (χ4n) is 3.07. The molecule has 0 aromatic heterocycles. The van der Waals surface area contributed by atoms with E-state index < -0.39 is 23.3 Å². The van der Waals surface area contributed by atoms with E-state index in [0.717, 1.165) is 11.3 Å². The summed E-state index contributed by atoms with van der Waals surface area (Å²) in [6, 6.07) is 4.87. The summed E-state index contributed by atoms with van der Waals surface area (Å²) in [5.41, 5.74) is -0.737. The molecule has 0 radical (unpaired) electrons. The highest BCUT2D eigenvalue weighted by atomic mass is 19.1. The van der Waals surface area contributed by atoms with Crippen LogP contribution in [0, 0.1) is 11.7 Å². The van der Waals surface area contributed by atoms with E-state index in [1.54, 1.807) is 0 Å². The minimum atomic E-state index is -1.26. The zero-order chi connectivity index (χ0) is 20.2. The highest BCUT2D eigenvalue weighted by Gasteiger charge is 2.52. The number of amides is 4. The molecule has 1 aliphatic heterocycles. The minimum Gasteiger partial charge on any atom is -0.352 e.